The predicted octanol–water partition coefficient (Wildman–Crippen LogP) is 7.89. The maximum atomic E-state index is 3.36. The Morgan fingerprint density at radius 3 is 1.68 bits per heavy atom. The lowest BCUT2D eigenvalue weighted by Gasteiger charge is -2.29. The van der Waals surface area contributed by atoms with Crippen molar-refractivity contribution >= 4 is 0 Å². The first-order valence-electron chi connectivity index (χ1n) is 9.17. The number of allylic oxidation sites excluding steroid dienone is 2. The van der Waals surface area contributed by atoms with E-state index in [1.54, 1.807) is 12.2 Å². The van der Waals surface area contributed by atoms with E-state index in [2.05, 4.69) is 102 Å². The van der Waals surface area contributed by atoms with Gasteiger partial charge in [-0.15, -0.1) is 0 Å². The molecule has 0 N–H and O–H groups in total. The average molecular weight is 335 g/mol. The van der Waals surface area contributed by atoms with Gasteiger partial charge in [0, 0.05) is 0 Å². The van der Waals surface area contributed by atoms with Gasteiger partial charge in [-0.1, -0.05) is 115 Å². The highest BCUT2D eigenvalue weighted by molar-refractivity contribution is 5.63. The molecule has 0 heterocycles. The predicted molar refractivity (Wildman–Crippen MR) is 114 cm³/mol. The summed E-state index contributed by atoms with van der Waals surface area (Å²) in [5, 5.41) is 0. The summed E-state index contributed by atoms with van der Waals surface area (Å²) in [6, 6.07) is 19.8. The van der Waals surface area contributed by atoms with E-state index in [9.17, 15) is 0 Å². The third-order valence-corrected chi connectivity index (χ3v) is 4.25. The molecule has 0 aliphatic carbocycles. The largest absolute Gasteiger partial charge is 0.0991 e. The number of hydrogen-bond acceptors (Lipinski definition) is 0. The van der Waals surface area contributed by atoms with Crippen LogP contribution in [0.15, 0.2) is 79.9 Å². The molecule has 2 rings (SSSR count). The summed E-state index contributed by atoms with van der Waals surface area (Å²) < 4.78 is 0. The van der Waals surface area contributed by atoms with Gasteiger partial charge in [0.1, 0.15) is 0 Å². The van der Waals surface area contributed by atoms with Crippen LogP contribution in [-0.4, -0.2) is 0 Å². The molecule has 0 saturated heterocycles. The molecule has 0 amide bonds. The van der Waals surface area contributed by atoms with Crippen LogP contribution in [0.5, 0.6) is 0 Å². The van der Waals surface area contributed by atoms with Crippen LogP contribution in [0, 0.1) is 11.3 Å². The summed E-state index contributed by atoms with van der Waals surface area (Å²) in [6.07, 6.45) is 4.51. The first-order chi connectivity index (χ1) is 11.8. The second kappa shape index (κ2) is 10.0. The molecule has 0 bridgehead atoms. The Morgan fingerprint density at radius 2 is 1.28 bits per heavy atom. The van der Waals surface area contributed by atoms with Crippen LogP contribution in [0.4, 0.5) is 0 Å². The first-order valence-corrected chi connectivity index (χ1v) is 9.17. The summed E-state index contributed by atoms with van der Waals surface area (Å²) in [7, 11) is 0. The fourth-order valence-corrected chi connectivity index (χ4v) is 2.95. The zero-order valence-corrected chi connectivity index (χ0v) is 16.6. The highest BCUT2D eigenvalue weighted by Crippen LogP contribution is 2.36. The molecular weight excluding hydrogens is 300 g/mol. The molecule has 0 nitrogen and oxygen atoms in total. The van der Waals surface area contributed by atoms with Gasteiger partial charge in [-0.3, -0.25) is 0 Å². The molecule has 0 aliphatic heterocycles. The summed E-state index contributed by atoms with van der Waals surface area (Å²) in [5.74, 6) is 1.31. The SMILES string of the molecule is C=CC=C.CC(C)C(CC(C)(C)C)c1ccc(-c2ccccc2)cc1. The van der Waals surface area contributed by atoms with E-state index in [4.69, 9.17) is 0 Å². The van der Waals surface area contributed by atoms with Gasteiger partial charge < -0.3 is 0 Å². The fourth-order valence-electron chi connectivity index (χ4n) is 2.95. The fraction of sp³-hybridized carbons (Fsp3) is 0.360. The Kier molecular flexibility index (Phi) is 8.41. The van der Waals surface area contributed by atoms with Gasteiger partial charge >= 0.3 is 0 Å². The van der Waals surface area contributed by atoms with E-state index in [1.807, 2.05) is 0 Å². The summed E-state index contributed by atoms with van der Waals surface area (Å²) >= 11 is 0. The minimum atomic E-state index is 0.368. The van der Waals surface area contributed by atoms with Crippen molar-refractivity contribution in [3.05, 3.63) is 85.5 Å². The van der Waals surface area contributed by atoms with Gasteiger partial charge in [-0.2, -0.15) is 0 Å². The molecule has 25 heavy (non-hydrogen) atoms. The molecule has 0 aliphatic rings. The smallest absolute Gasteiger partial charge is 0.0134 e. The molecule has 1 unspecified atom stereocenters. The molecule has 0 fully saturated rings. The number of hydrogen-bond donors (Lipinski definition) is 0. The second-order valence-corrected chi connectivity index (χ2v) is 8.07. The van der Waals surface area contributed by atoms with Crippen molar-refractivity contribution in [2.45, 2.75) is 47.0 Å². The van der Waals surface area contributed by atoms with Crippen LogP contribution in [0.3, 0.4) is 0 Å². The Labute approximate surface area is 155 Å². The first kappa shape index (κ1) is 21.0. The van der Waals surface area contributed by atoms with E-state index in [-0.39, 0.29) is 0 Å². The third kappa shape index (κ3) is 7.56. The van der Waals surface area contributed by atoms with Crippen molar-refractivity contribution in [3.63, 3.8) is 0 Å². The molecule has 2 aromatic carbocycles. The van der Waals surface area contributed by atoms with Crippen LogP contribution in [0.1, 0.15) is 52.5 Å². The number of benzene rings is 2. The van der Waals surface area contributed by atoms with Gasteiger partial charge in [0.25, 0.3) is 0 Å². The van der Waals surface area contributed by atoms with Crippen molar-refractivity contribution in [2.75, 3.05) is 0 Å². The van der Waals surface area contributed by atoms with Gasteiger partial charge in [0.15, 0.2) is 0 Å². The lowest BCUT2D eigenvalue weighted by molar-refractivity contribution is 0.301. The number of rotatable bonds is 5. The third-order valence-electron chi connectivity index (χ3n) is 4.25. The van der Waals surface area contributed by atoms with Crippen molar-refractivity contribution in [2.24, 2.45) is 11.3 Å². The minimum Gasteiger partial charge on any atom is -0.0991 e. The molecular formula is C25H34. The molecule has 1 atom stereocenters. The van der Waals surface area contributed by atoms with Crippen molar-refractivity contribution < 1.29 is 0 Å². The van der Waals surface area contributed by atoms with Crippen molar-refractivity contribution in [1.82, 2.24) is 0 Å². The maximum absolute atomic E-state index is 3.36. The van der Waals surface area contributed by atoms with E-state index in [1.165, 1.54) is 23.1 Å². The Bertz CT molecular complexity index is 618. The van der Waals surface area contributed by atoms with Gasteiger partial charge in [0.05, 0.1) is 0 Å². The van der Waals surface area contributed by atoms with E-state index < -0.39 is 0 Å². The quantitative estimate of drug-likeness (QED) is 0.488. The molecule has 0 saturated carbocycles. The molecule has 134 valence electrons. The average Bonchev–Trinajstić information content (AvgIpc) is 2.60. The summed E-state index contributed by atoms with van der Waals surface area (Å²) in [5.41, 5.74) is 4.44. The van der Waals surface area contributed by atoms with Crippen molar-refractivity contribution in [3.8, 4) is 11.1 Å². The molecule has 0 aromatic heterocycles. The lowest BCUT2D eigenvalue weighted by atomic mass is 9.76. The molecule has 0 heteroatoms. The molecule has 0 spiro atoms. The zero-order chi connectivity index (χ0) is 18.9. The standard InChI is InChI=1S/C21H28.C4H6/c1-16(2)20(15-21(3,4)5)19-13-11-18(12-14-19)17-9-7-6-8-10-17;1-3-4-2/h6-14,16,20H,15H2,1-5H3;3-4H,1-2H2. The minimum absolute atomic E-state index is 0.368. The van der Waals surface area contributed by atoms with Crippen LogP contribution in [0.2, 0.25) is 0 Å². The summed E-state index contributed by atoms with van der Waals surface area (Å²) in [6.45, 7) is 18.4. The molecule has 2 aromatic rings. The Balaban J connectivity index is 0.000000705. The monoisotopic (exact) mass is 334 g/mol. The topological polar surface area (TPSA) is 0 Å². The maximum Gasteiger partial charge on any atom is -0.0134 e. The Hall–Kier alpha value is -2.08. The van der Waals surface area contributed by atoms with Gasteiger partial charge in [0.2, 0.25) is 0 Å². The van der Waals surface area contributed by atoms with Gasteiger partial charge in [-0.05, 0) is 40.4 Å². The van der Waals surface area contributed by atoms with Crippen LogP contribution < -0.4 is 0 Å². The van der Waals surface area contributed by atoms with Crippen LogP contribution >= 0.6 is 0 Å². The van der Waals surface area contributed by atoms with Crippen molar-refractivity contribution in [1.29, 1.82) is 0 Å². The van der Waals surface area contributed by atoms with E-state index in [0.29, 0.717) is 17.3 Å². The Morgan fingerprint density at radius 1 is 0.800 bits per heavy atom. The van der Waals surface area contributed by atoms with Gasteiger partial charge in [-0.25, -0.2) is 0 Å². The highest BCUT2D eigenvalue weighted by Gasteiger charge is 2.22. The highest BCUT2D eigenvalue weighted by atomic mass is 14.3. The van der Waals surface area contributed by atoms with Crippen LogP contribution in [-0.2, 0) is 0 Å². The second-order valence-electron chi connectivity index (χ2n) is 8.07. The lowest BCUT2D eigenvalue weighted by Crippen LogP contribution is -2.16. The zero-order valence-electron chi connectivity index (χ0n) is 16.6. The summed E-state index contributed by atoms with van der Waals surface area (Å²) in [4.78, 5) is 0. The van der Waals surface area contributed by atoms with E-state index >= 15 is 0 Å². The molecule has 0 radical (unpaired) electrons. The van der Waals surface area contributed by atoms with Crippen LogP contribution in [0.25, 0.3) is 11.1 Å². The normalized spacial score (nSPS) is 12.1. The van der Waals surface area contributed by atoms with E-state index in [0.717, 1.165) is 0 Å².